The summed E-state index contributed by atoms with van der Waals surface area (Å²) in [5.41, 5.74) is 2.43. The van der Waals surface area contributed by atoms with Crippen LogP contribution in [0.2, 0.25) is 0 Å². The third-order valence-electron chi connectivity index (χ3n) is 3.62. The first-order chi connectivity index (χ1) is 10.4. The normalized spacial score (nSPS) is 17.7. The molecular weight excluding hydrogens is 361 g/mol. The van der Waals surface area contributed by atoms with Crippen molar-refractivity contribution in [1.29, 1.82) is 0 Å². The number of benzene rings is 2. The Bertz CT molecular complexity index is 732. The molecule has 7 heteroatoms. The molecule has 1 amide bonds. The molecule has 2 aromatic carbocycles. The number of nitrogens with one attached hydrogen (secondary N) is 1. The predicted molar refractivity (Wildman–Crippen MR) is 79.9 cm³/mol. The van der Waals surface area contributed by atoms with Crippen LogP contribution in [0.1, 0.15) is 18.0 Å². The Morgan fingerprint density at radius 3 is 2.59 bits per heavy atom. The number of amides is 1. The van der Waals surface area contributed by atoms with Gasteiger partial charge in [0, 0.05) is 17.4 Å². The standard InChI is InChI=1S/C15H12BrF3N2O/c16-10-7-9-3-1-2-4-11(9)12(8-10)14(15(17,18)19)21-6-5-13(22)20-21/h1-4,7-8,14H,5-6H2,(H,20,22). The van der Waals surface area contributed by atoms with Gasteiger partial charge in [0.15, 0.2) is 6.04 Å². The number of halogens is 4. The largest absolute Gasteiger partial charge is 0.409 e. The molecule has 0 aromatic heterocycles. The van der Waals surface area contributed by atoms with E-state index < -0.39 is 18.1 Å². The van der Waals surface area contributed by atoms with E-state index in [2.05, 4.69) is 21.4 Å². The minimum Gasteiger partial charge on any atom is -0.288 e. The Morgan fingerprint density at radius 2 is 1.95 bits per heavy atom. The number of carbonyl (C=O) groups is 1. The van der Waals surface area contributed by atoms with Gasteiger partial charge in [-0.2, -0.15) is 13.2 Å². The Morgan fingerprint density at radius 1 is 1.23 bits per heavy atom. The van der Waals surface area contributed by atoms with Crippen molar-refractivity contribution >= 4 is 32.6 Å². The number of carbonyl (C=O) groups excluding carboxylic acids is 1. The molecule has 1 atom stereocenters. The second-order valence-electron chi connectivity index (χ2n) is 5.14. The summed E-state index contributed by atoms with van der Waals surface area (Å²) < 4.78 is 41.5. The van der Waals surface area contributed by atoms with Crippen LogP contribution >= 0.6 is 15.9 Å². The molecule has 116 valence electrons. The summed E-state index contributed by atoms with van der Waals surface area (Å²) in [5, 5.41) is 2.21. The smallest absolute Gasteiger partial charge is 0.288 e. The SMILES string of the molecule is O=C1CCN(C(c2cc(Br)cc3ccccc23)C(F)(F)F)N1. The minimum atomic E-state index is -4.50. The first kappa shape index (κ1) is 15.3. The summed E-state index contributed by atoms with van der Waals surface area (Å²) in [6, 6.07) is 8.27. The van der Waals surface area contributed by atoms with E-state index in [9.17, 15) is 18.0 Å². The van der Waals surface area contributed by atoms with Gasteiger partial charge in [0.2, 0.25) is 5.91 Å². The molecule has 3 rings (SSSR count). The zero-order valence-electron chi connectivity index (χ0n) is 11.3. The van der Waals surface area contributed by atoms with Crippen molar-refractivity contribution in [2.24, 2.45) is 0 Å². The minimum absolute atomic E-state index is 0.0316. The monoisotopic (exact) mass is 372 g/mol. The molecule has 1 unspecified atom stereocenters. The highest BCUT2D eigenvalue weighted by Crippen LogP contribution is 2.41. The molecule has 0 spiro atoms. The molecule has 0 bridgehead atoms. The Labute approximate surface area is 133 Å². The van der Waals surface area contributed by atoms with E-state index in [0.29, 0.717) is 15.2 Å². The fourth-order valence-corrected chi connectivity index (χ4v) is 3.23. The lowest BCUT2D eigenvalue weighted by Gasteiger charge is -2.30. The van der Waals surface area contributed by atoms with Gasteiger partial charge >= 0.3 is 6.18 Å². The van der Waals surface area contributed by atoms with Gasteiger partial charge < -0.3 is 0 Å². The van der Waals surface area contributed by atoms with Crippen LogP contribution in [-0.2, 0) is 4.79 Å². The number of fused-ring (bicyclic) bond motifs is 1. The first-order valence-electron chi connectivity index (χ1n) is 6.67. The fraction of sp³-hybridized carbons (Fsp3) is 0.267. The van der Waals surface area contributed by atoms with Crippen molar-refractivity contribution in [3.05, 3.63) is 46.4 Å². The zero-order valence-corrected chi connectivity index (χ0v) is 12.9. The number of nitrogens with zero attached hydrogens (tertiary/aromatic N) is 1. The Kier molecular flexibility index (Phi) is 3.86. The first-order valence-corrected chi connectivity index (χ1v) is 7.46. The Hall–Kier alpha value is -1.60. The van der Waals surface area contributed by atoms with Crippen LogP contribution in [0.3, 0.4) is 0 Å². The average molecular weight is 373 g/mol. The van der Waals surface area contributed by atoms with Crippen LogP contribution in [0, 0.1) is 0 Å². The topological polar surface area (TPSA) is 32.3 Å². The van der Waals surface area contributed by atoms with Crippen LogP contribution in [0.4, 0.5) is 13.2 Å². The number of hydrogen-bond acceptors (Lipinski definition) is 2. The van der Waals surface area contributed by atoms with Crippen molar-refractivity contribution in [3.8, 4) is 0 Å². The van der Waals surface area contributed by atoms with Gasteiger partial charge in [-0.15, -0.1) is 0 Å². The number of hydrazine groups is 1. The van der Waals surface area contributed by atoms with Crippen molar-refractivity contribution in [2.45, 2.75) is 18.6 Å². The molecule has 22 heavy (non-hydrogen) atoms. The fourth-order valence-electron chi connectivity index (χ4n) is 2.74. The van der Waals surface area contributed by atoms with E-state index in [1.54, 1.807) is 30.3 Å². The van der Waals surface area contributed by atoms with Gasteiger partial charge in [0.1, 0.15) is 0 Å². The molecular formula is C15H12BrF3N2O. The molecule has 3 nitrogen and oxygen atoms in total. The highest BCUT2D eigenvalue weighted by molar-refractivity contribution is 9.10. The van der Waals surface area contributed by atoms with Gasteiger partial charge in [-0.25, -0.2) is 5.01 Å². The molecule has 1 N–H and O–H groups in total. The van der Waals surface area contributed by atoms with Gasteiger partial charge in [-0.1, -0.05) is 40.2 Å². The predicted octanol–water partition coefficient (Wildman–Crippen LogP) is 3.94. The molecule has 1 aliphatic heterocycles. The number of hydrogen-bond donors (Lipinski definition) is 1. The maximum absolute atomic E-state index is 13.6. The van der Waals surface area contributed by atoms with E-state index in [1.807, 2.05) is 0 Å². The van der Waals surface area contributed by atoms with Crippen LogP contribution in [0.5, 0.6) is 0 Å². The van der Waals surface area contributed by atoms with Gasteiger partial charge in [0.05, 0.1) is 0 Å². The van der Waals surface area contributed by atoms with Crippen molar-refractivity contribution in [2.75, 3.05) is 6.54 Å². The second-order valence-corrected chi connectivity index (χ2v) is 6.05. The van der Waals surface area contributed by atoms with E-state index in [4.69, 9.17) is 0 Å². The van der Waals surface area contributed by atoms with Crippen LogP contribution in [0.25, 0.3) is 10.8 Å². The molecule has 1 heterocycles. The summed E-state index contributed by atoms with van der Waals surface area (Å²) in [6.07, 6.45) is -4.43. The molecule has 1 fully saturated rings. The molecule has 0 radical (unpaired) electrons. The summed E-state index contributed by atoms with van der Waals surface area (Å²) in [7, 11) is 0. The quantitative estimate of drug-likeness (QED) is 0.865. The molecule has 0 saturated carbocycles. The Balaban J connectivity index is 2.18. The number of rotatable bonds is 2. The van der Waals surface area contributed by atoms with Crippen molar-refractivity contribution in [1.82, 2.24) is 10.4 Å². The van der Waals surface area contributed by atoms with E-state index in [1.165, 1.54) is 6.07 Å². The molecule has 2 aromatic rings. The lowest BCUT2D eigenvalue weighted by Crippen LogP contribution is -2.43. The molecule has 1 aliphatic rings. The van der Waals surface area contributed by atoms with E-state index in [-0.39, 0.29) is 18.5 Å². The third-order valence-corrected chi connectivity index (χ3v) is 4.08. The highest BCUT2D eigenvalue weighted by Gasteiger charge is 2.47. The van der Waals surface area contributed by atoms with Crippen molar-refractivity contribution < 1.29 is 18.0 Å². The van der Waals surface area contributed by atoms with Crippen LogP contribution in [0.15, 0.2) is 40.9 Å². The van der Waals surface area contributed by atoms with Crippen LogP contribution < -0.4 is 5.43 Å². The third kappa shape index (κ3) is 2.83. The van der Waals surface area contributed by atoms with E-state index in [0.717, 1.165) is 5.01 Å². The zero-order chi connectivity index (χ0) is 15.9. The van der Waals surface area contributed by atoms with E-state index >= 15 is 0 Å². The van der Waals surface area contributed by atoms with Gasteiger partial charge in [-0.3, -0.25) is 10.2 Å². The van der Waals surface area contributed by atoms with Crippen LogP contribution in [-0.4, -0.2) is 23.6 Å². The molecule has 0 aliphatic carbocycles. The summed E-state index contributed by atoms with van der Waals surface area (Å²) in [4.78, 5) is 11.3. The van der Waals surface area contributed by atoms with Gasteiger partial charge in [0.25, 0.3) is 0 Å². The van der Waals surface area contributed by atoms with Gasteiger partial charge in [-0.05, 0) is 28.5 Å². The highest BCUT2D eigenvalue weighted by atomic mass is 79.9. The summed E-state index contributed by atoms with van der Waals surface area (Å²) in [5.74, 6) is -0.395. The lowest BCUT2D eigenvalue weighted by molar-refractivity contribution is -0.190. The maximum Gasteiger partial charge on any atom is 0.409 e. The average Bonchev–Trinajstić information content (AvgIpc) is 2.83. The molecule has 1 saturated heterocycles. The summed E-state index contributed by atoms with van der Waals surface area (Å²) in [6.45, 7) is 0.0316. The number of alkyl halides is 3. The lowest BCUT2D eigenvalue weighted by atomic mass is 9.98. The summed E-state index contributed by atoms with van der Waals surface area (Å²) >= 11 is 3.27. The maximum atomic E-state index is 13.6. The second kappa shape index (κ2) is 5.55. The van der Waals surface area contributed by atoms with Crippen molar-refractivity contribution in [3.63, 3.8) is 0 Å².